The lowest BCUT2D eigenvalue weighted by Gasteiger charge is -2.19. The number of hydrogen-bond donors (Lipinski definition) is 1. The zero-order valence-electron chi connectivity index (χ0n) is 17.7. The average molecular weight is 476 g/mol. The third kappa shape index (κ3) is 3.73. The van der Waals surface area contributed by atoms with Gasteiger partial charge in [0, 0.05) is 24.0 Å². The minimum atomic E-state index is -4.65. The number of carbonyl (C=O) groups excluding carboxylic acids is 1. The van der Waals surface area contributed by atoms with Gasteiger partial charge in [-0.1, -0.05) is 24.3 Å². The first-order chi connectivity index (χ1) is 16.3. The smallest absolute Gasteiger partial charge is 0.295 e. The largest absolute Gasteiger partial charge is 0.335 e. The van der Waals surface area contributed by atoms with Crippen molar-refractivity contribution in [2.45, 2.75) is 17.4 Å². The molecule has 4 aromatic rings. The Hall–Kier alpha value is -4.00. The fourth-order valence-electron chi connectivity index (χ4n) is 4.46. The summed E-state index contributed by atoms with van der Waals surface area (Å²) < 4.78 is 49.7. The van der Waals surface area contributed by atoms with Crippen LogP contribution >= 0.6 is 0 Å². The summed E-state index contributed by atoms with van der Waals surface area (Å²) in [5.74, 6) is -0.779. The topological polar surface area (TPSA) is 103 Å². The lowest BCUT2D eigenvalue weighted by atomic mass is 10.0. The van der Waals surface area contributed by atoms with Crippen LogP contribution in [-0.2, 0) is 14.9 Å². The fraction of sp³-hybridized carbons (Fsp3) is 0.120. The van der Waals surface area contributed by atoms with Gasteiger partial charge in [-0.2, -0.15) is 13.7 Å². The molecular weight excluding hydrogens is 457 g/mol. The van der Waals surface area contributed by atoms with Gasteiger partial charge >= 0.3 is 0 Å². The maximum absolute atomic E-state index is 13.7. The van der Waals surface area contributed by atoms with Crippen molar-refractivity contribution >= 4 is 32.6 Å². The van der Waals surface area contributed by atoms with E-state index in [2.05, 4.69) is 6.07 Å². The number of rotatable bonds is 4. The minimum absolute atomic E-state index is 0.134. The first-order valence-corrected chi connectivity index (χ1v) is 11.9. The molecule has 1 aromatic heterocycles. The Morgan fingerprint density at radius 1 is 1.06 bits per heavy atom. The van der Waals surface area contributed by atoms with Crippen molar-refractivity contribution in [3.05, 3.63) is 84.3 Å². The highest BCUT2D eigenvalue weighted by molar-refractivity contribution is 7.86. The Morgan fingerprint density at radius 3 is 2.62 bits per heavy atom. The number of carbonyl (C=O) groups is 1. The van der Waals surface area contributed by atoms with Gasteiger partial charge < -0.3 is 9.47 Å². The van der Waals surface area contributed by atoms with Crippen LogP contribution in [-0.4, -0.2) is 30.0 Å². The normalized spacial score (nSPS) is 16.2. The van der Waals surface area contributed by atoms with Crippen molar-refractivity contribution in [2.75, 3.05) is 11.4 Å². The molecule has 1 unspecified atom stereocenters. The van der Waals surface area contributed by atoms with Crippen LogP contribution in [0.3, 0.4) is 0 Å². The zero-order chi connectivity index (χ0) is 24.0. The third-order valence-corrected chi connectivity index (χ3v) is 6.95. The summed E-state index contributed by atoms with van der Waals surface area (Å²) in [7, 11) is -4.65. The molecule has 2 heterocycles. The highest BCUT2D eigenvalue weighted by Gasteiger charge is 2.35. The molecule has 1 fully saturated rings. The molecule has 3 aromatic carbocycles. The van der Waals surface area contributed by atoms with Crippen LogP contribution in [0, 0.1) is 17.1 Å². The van der Waals surface area contributed by atoms with E-state index in [0.717, 1.165) is 10.9 Å². The average Bonchev–Trinajstić information content (AvgIpc) is 3.40. The molecule has 170 valence electrons. The second kappa shape index (κ2) is 8.09. The number of amides is 1. The van der Waals surface area contributed by atoms with E-state index >= 15 is 0 Å². The van der Waals surface area contributed by atoms with E-state index in [1.54, 1.807) is 24.4 Å². The zero-order valence-corrected chi connectivity index (χ0v) is 18.5. The molecule has 9 heteroatoms. The molecule has 0 radical (unpaired) electrons. The first-order valence-electron chi connectivity index (χ1n) is 10.5. The summed E-state index contributed by atoms with van der Waals surface area (Å²) in [6.07, 6.45) is 2.28. The van der Waals surface area contributed by atoms with Crippen LogP contribution in [0.5, 0.6) is 0 Å². The highest BCUT2D eigenvalue weighted by Crippen LogP contribution is 2.36. The van der Waals surface area contributed by atoms with Gasteiger partial charge in [0.25, 0.3) is 10.1 Å². The number of nitriles is 1. The summed E-state index contributed by atoms with van der Waals surface area (Å²) in [6.45, 7) is 0.339. The Morgan fingerprint density at radius 2 is 1.88 bits per heavy atom. The summed E-state index contributed by atoms with van der Waals surface area (Å²) in [5.41, 5.74) is 1.99. The van der Waals surface area contributed by atoms with E-state index in [0.29, 0.717) is 24.2 Å². The van der Waals surface area contributed by atoms with Gasteiger partial charge in [-0.25, -0.2) is 4.39 Å². The maximum atomic E-state index is 13.7. The molecule has 1 saturated heterocycles. The van der Waals surface area contributed by atoms with Crippen molar-refractivity contribution in [1.82, 2.24) is 4.57 Å². The lowest BCUT2D eigenvalue weighted by Crippen LogP contribution is -2.28. The van der Waals surface area contributed by atoms with Crippen LogP contribution in [0.1, 0.15) is 18.0 Å². The fourth-order valence-corrected chi connectivity index (χ4v) is 5.19. The molecule has 0 saturated carbocycles. The SMILES string of the molecule is N#Cc1ccc2ccn(C3CCN(c4ccc(-c5cccc(F)c5)c(S(=O)(=O)O)c4)C3=O)c2c1. The Balaban J connectivity index is 1.53. The van der Waals surface area contributed by atoms with Gasteiger partial charge in [0.2, 0.25) is 5.91 Å². The van der Waals surface area contributed by atoms with E-state index in [1.165, 1.54) is 41.3 Å². The van der Waals surface area contributed by atoms with Crippen molar-refractivity contribution < 1.29 is 22.2 Å². The van der Waals surface area contributed by atoms with E-state index in [1.807, 2.05) is 16.7 Å². The lowest BCUT2D eigenvalue weighted by molar-refractivity contribution is -0.119. The van der Waals surface area contributed by atoms with Crippen LogP contribution in [0.4, 0.5) is 10.1 Å². The molecule has 7 nitrogen and oxygen atoms in total. The molecule has 0 spiro atoms. The number of halogens is 1. The number of anilines is 1. The van der Waals surface area contributed by atoms with Gasteiger partial charge in [-0.3, -0.25) is 9.35 Å². The predicted molar refractivity (Wildman–Crippen MR) is 124 cm³/mol. The Kier molecular flexibility index (Phi) is 5.20. The molecule has 0 aliphatic carbocycles. The number of benzene rings is 3. The summed E-state index contributed by atoms with van der Waals surface area (Å²) >= 11 is 0. The standard InChI is InChI=1S/C25H18FN3O4S/c26-19-3-1-2-18(13-19)21-7-6-20(14-24(21)34(31,32)33)28-11-9-22(25(28)30)29-10-8-17-5-4-16(15-27)12-23(17)29/h1-8,10,12-14,22H,9,11H2,(H,31,32,33). The highest BCUT2D eigenvalue weighted by atomic mass is 32.2. The molecule has 1 atom stereocenters. The van der Waals surface area contributed by atoms with Gasteiger partial charge in [0.1, 0.15) is 16.8 Å². The molecule has 5 rings (SSSR count). The Bertz CT molecular complexity index is 1600. The van der Waals surface area contributed by atoms with Crippen LogP contribution in [0.2, 0.25) is 0 Å². The molecule has 34 heavy (non-hydrogen) atoms. The molecule has 1 amide bonds. The van der Waals surface area contributed by atoms with E-state index < -0.39 is 26.9 Å². The molecule has 1 aliphatic rings. The minimum Gasteiger partial charge on any atom is -0.335 e. The van der Waals surface area contributed by atoms with Crippen molar-refractivity contribution in [3.63, 3.8) is 0 Å². The van der Waals surface area contributed by atoms with Gasteiger partial charge in [0.15, 0.2) is 0 Å². The summed E-state index contributed by atoms with van der Waals surface area (Å²) in [6, 6.07) is 18.4. The summed E-state index contributed by atoms with van der Waals surface area (Å²) in [5, 5.41) is 10.1. The van der Waals surface area contributed by atoms with Crippen molar-refractivity contribution in [1.29, 1.82) is 5.26 Å². The second-order valence-electron chi connectivity index (χ2n) is 8.07. The van der Waals surface area contributed by atoms with Crippen LogP contribution in [0.25, 0.3) is 22.0 Å². The van der Waals surface area contributed by atoms with Gasteiger partial charge in [-0.15, -0.1) is 0 Å². The van der Waals surface area contributed by atoms with Gasteiger partial charge in [-0.05, 0) is 59.8 Å². The quantitative estimate of drug-likeness (QED) is 0.437. The molecule has 1 N–H and O–H groups in total. The van der Waals surface area contributed by atoms with Crippen molar-refractivity contribution in [3.8, 4) is 17.2 Å². The third-order valence-electron chi connectivity index (χ3n) is 6.06. The predicted octanol–water partition coefficient (Wildman–Crippen LogP) is 4.54. The van der Waals surface area contributed by atoms with Crippen molar-refractivity contribution in [2.24, 2.45) is 0 Å². The molecular formula is C25H18FN3O4S. The monoisotopic (exact) mass is 475 g/mol. The van der Waals surface area contributed by atoms with Gasteiger partial charge in [0.05, 0.1) is 17.1 Å². The van der Waals surface area contributed by atoms with E-state index in [9.17, 15) is 27.4 Å². The number of hydrogen-bond acceptors (Lipinski definition) is 4. The van der Waals surface area contributed by atoms with Crippen LogP contribution < -0.4 is 4.90 Å². The van der Waals surface area contributed by atoms with Crippen LogP contribution in [0.15, 0.2) is 77.8 Å². The maximum Gasteiger partial charge on any atom is 0.295 e. The number of fused-ring (bicyclic) bond motifs is 1. The molecule has 1 aliphatic heterocycles. The number of aromatic nitrogens is 1. The van der Waals surface area contributed by atoms with E-state index in [-0.39, 0.29) is 17.0 Å². The number of nitrogens with zero attached hydrogens (tertiary/aromatic N) is 3. The second-order valence-corrected chi connectivity index (χ2v) is 9.46. The molecule has 0 bridgehead atoms. The summed E-state index contributed by atoms with van der Waals surface area (Å²) in [4.78, 5) is 14.4. The first kappa shape index (κ1) is 21.8. The Labute approximate surface area is 195 Å². The van der Waals surface area contributed by atoms with E-state index in [4.69, 9.17) is 0 Å².